The van der Waals surface area contributed by atoms with Crippen LogP contribution in [0, 0.1) is 19.3 Å². The van der Waals surface area contributed by atoms with Crippen LogP contribution >= 0.6 is 0 Å². The molecule has 33 heavy (non-hydrogen) atoms. The van der Waals surface area contributed by atoms with Crippen LogP contribution < -0.4 is 16.6 Å². The Morgan fingerprint density at radius 2 is 1.67 bits per heavy atom. The summed E-state index contributed by atoms with van der Waals surface area (Å²) in [6.07, 6.45) is 5.74. The van der Waals surface area contributed by atoms with Gasteiger partial charge in [-0.25, -0.2) is 18.4 Å². The van der Waals surface area contributed by atoms with Crippen LogP contribution in [-0.2, 0) is 16.4 Å². The van der Waals surface area contributed by atoms with Gasteiger partial charge in [-0.3, -0.25) is 4.79 Å². The maximum absolute atomic E-state index is 12.2. The van der Waals surface area contributed by atoms with Crippen molar-refractivity contribution in [3.05, 3.63) is 70.8 Å². The van der Waals surface area contributed by atoms with Gasteiger partial charge in [0.25, 0.3) is 5.91 Å². The van der Waals surface area contributed by atoms with Gasteiger partial charge in [-0.05, 0) is 65.1 Å². The standard InChI is InChI=1S/C24H21N3O5S/c1-3-4-15-7-10-18(24(29)30)13(2)21(15)16-11-19(22(25)20(12-16)23(26)28)14-5-8-17(9-6-14)33(27,31)32/h1,5-12H,4,25H2,2H3,(H2,26,28)(H,29,30)(H2,27,31,32). The molecule has 0 bridgehead atoms. The largest absolute Gasteiger partial charge is 0.478 e. The minimum atomic E-state index is -3.89. The van der Waals surface area contributed by atoms with E-state index >= 15 is 0 Å². The number of primary amides is 1. The summed E-state index contributed by atoms with van der Waals surface area (Å²) < 4.78 is 23.2. The number of carbonyl (C=O) groups is 2. The topological polar surface area (TPSA) is 167 Å². The fourth-order valence-corrected chi connectivity index (χ4v) is 4.24. The van der Waals surface area contributed by atoms with E-state index in [4.69, 9.17) is 23.0 Å². The summed E-state index contributed by atoms with van der Waals surface area (Å²) in [5.74, 6) is 0.671. The Morgan fingerprint density at radius 3 is 2.18 bits per heavy atom. The number of sulfonamides is 1. The van der Waals surface area contributed by atoms with Gasteiger partial charge >= 0.3 is 5.97 Å². The Hall–Kier alpha value is -4.13. The predicted octanol–water partition coefficient (Wildman–Crippen LogP) is 2.53. The lowest BCUT2D eigenvalue weighted by Gasteiger charge is -2.18. The highest BCUT2D eigenvalue weighted by atomic mass is 32.2. The molecule has 0 atom stereocenters. The number of primary sulfonamides is 1. The fourth-order valence-electron chi connectivity index (χ4n) is 3.72. The Bertz CT molecular complexity index is 1440. The van der Waals surface area contributed by atoms with Crippen molar-refractivity contribution in [3.8, 4) is 34.6 Å². The second-order valence-corrected chi connectivity index (χ2v) is 8.94. The monoisotopic (exact) mass is 463 g/mol. The molecule has 9 heteroatoms. The van der Waals surface area contributed by atoms with Crippen LogP contribution in [0.2, 0.25) is 0 Å². The number of benzene rings is 3. The molecule has 168 valence electrons. The number of nitrogen functional groups attached to an aromatic ring is 1. The summed E-state index contributed by atoms with van der Waals surface area (Å²) in [5, 5.41) is 14.7. The number of aromatic carboxylic acids is 1. The lowest BCUT2D eigenvalue weighted by atomic mass is 9.87. The fraction of sp³-hybridized carbons (Fsp3) is 0.0833. The average molecular weight is 464 g/mol. The van der Waals surface area contributed by atoms with Crippen molar-refractivity contribution in [1.82, 2.24) is 0 Å². The zero-order valence-electron chi connectivity index (χ0n) is 17.6. The number of hydrogen-bond acceptors (Lipinski definition) is 5. The lowest BCUT2D eigenvalue weighted by Crippen LogP contribution is -2.15. The summed E-state index contributed by atoms with van der Waals surface area (Å²) in [5.41, 5.74) is 15.1. The number of nitrogens with two attached hydrogens (primary N) is 3. The van der Waals surface area contributed by atoms with Gasteiger partial charge in [-0.2, -0.15) is 0 Å². The molecule has 0 radical (unpaired) electrons. The predicted molar refractivity (Wildman–Crippen MR) is 126 cm³/mol. The minimum absolute atomic E-state index is 0.0322. The van der Waals surface area contributed by atoms with E-state index in [1.807, 2.05) is 0 Å². The molecule has 0 unspecified atom stereocenters. The van der Waals surface area contributed by atoms with E-state index in [0.29, 0.717) is 33.4 Å². The van der Waals surface area contributed by atoms with E-state index < -0.39 is 21.9 Å². The highest BCUT2D eigenvalue weighted by Gasteiger charge is 2.20. The molecule has 3 aromatic rings. The first-order valence-electron chi connectivity index (χ1n) is 9.61. The number of terminal acetylenes is 1. The molecule has 0 fully saturated rings. The Morgan fingerprint density at radius 1 is 1.03 bits per heavy atom. The number of carbonyl (C=O) groups excluding carboxylic acids is 1. The molecule has 0 saturated carbocycles. The van der Waals surface area contributed by atoms with Gasteiger partial charge in [0, 0.05) is 12.0 Å². The van der Waals surface area contributed by atoms with Crippen molar-refractivity contribution in [2.75, 3.05) is 5.73 Å². The second-order valence-electron chi connectivity index (χ2n) is 7.38. The second kappa shape index (κ2) is 8.78. The molecular formula is C24H21N3O5S. The summed E-state index contributed by atoms with van der Waals surface area (Å²) in [6.45, 7) is 1.65. The molecule has 0 saturated heterocycles. The zero-order valence-corrected chi connectivity index (χ0v) is 18.4. The molecule has 3 rings (SSSR count). The smallest absolute Gasteiger partial charge is 0.335 e. The molecule has 3 aromatic carbocycles. The number of hydrogen-bond donors (Lipinski definition) is 4. The third-order valence-corrected chi connectivity index (χ3v) is 6.23. The van der Waals surface area contributed by atoms with Crippen molar-refractivity contribution in [2.24, 2.45) is 10.9 Å². The normalized spacial score (nSPS) is 11.1. The van der Waals surface area contributed by atoms with E-state index in [1.165, 1.54) is 36.4 Å². The highest BCUT2D eigenvalue weighted by Crippen LogP contribution is 2.38. The third kappa shape index (κ3) is 4.57. The summed E-state index contributed by atoms with van der Waals surface area (Å²) in [4.78, 5) is 23.8. The van der Waals surface area contributed by atoms with Crippen LogP contribution in [0.4, 0.5) is 5.69 Å². The molecular weight excluding hydrogens is 442 g/mol. The summed E-state index contributed by atoms with van der Waals surface area (Å²) in [6, 6.07) is 11.9. The third-order valence-electron chi connectivity index (χ3n) is 5.30. The average Bonchev–Trinajstić information content (AvgIpc) is 2.73. The quantitative estimate of drug-likeness (QED) is 0.324. The molecule has 0 spiro atoms. The van der Waals surface area contributed by atoms with Crippen molar-refractivity contribution in [3.63, 3.8) is 0 Å². The van der Waals surface area contributed by atoms with Gasteiger partial charge in [0.05, 0.1) is 21.7 Å². The summed E-state index contributed by atoms with van der Waals surface area (Å²) >= 11 is 0. The molecule has 0 heterocycles. The van der Waals surface area contributed by atoms with Crippen molar-refractivity contribution >= 4 is 27.6 Å². The van der Waals surface area contributed by atoms with Gasteiger partial charge in [-0.15, -0.1) is 12.3 Å². The molecule has 0 aromatic heterocycles. The zero-order chi connectivity index (χ0) is 24.5. The summed E-state index contributed by atoms with van der Waals surface area (Å²) in [7, 11) is -3.89. The number of anilines is 1. The lowest BCUT2D eigenvalue weighted by molar-refractivity contribution is 0.0696. The first-order chi connectivity index (χ1) is 15.5. The maximum Gasteiger partial charge on any atom is 0.335 e. The van der Waals surface area contributed by atoms with E-state index in [2.05, 4.69) is 5.92 Å². The number of rotatable bonds is 6. The van der Waals surface area contributed by atoms with Crippen molar-refractivity contribution < 1.29 is 23.1 Å². The van der Waals surface area contributed by atoms with Crippen molar-refractivity contribution in [2.45, 2.75) is 18.2 Å². The Labute approximate surface area is 191 Å². The molecule has 0 aliphatic carbocycles. The number of carboxylic acids is 1. The first-order valence-corrected chi connectivity index (χ1v) is 11.2. The van der Waals surface area contributed by atoms with Crippen LogP contribution in [0.5, 0.6) is 0 Å². The van der Waals surface area contributed by atoms with Crippen LogP contribution in [0.15, 0.2) is 53.4 Å². The van der Waals surface area contributed by atoms with E-state index in [9.17, 15) is 23.1 Å². The Balaban J connectivity index is 2.35. The van der Waals surface area contributed by atoms with Gasteiger partial charge in [0.15, 0.2) is 0 Å². The van der Waals surface area contributed by atoms with Gasteiger partial charge < -0.3 is 16.6 Å². The van der Waals surface area contributed by atoms with Crippen LogP contribution in [0.1, 0.15) is 31.8 Å². The van der Waals surface area contributed by atoms with Crippen LogP contribution in [0.3, 0.4) is 0 Å². The minimum Gasteiger partial charge on any atom is -0.478 e. The van der Waals surface area contributed by atoms with E-state index in [-0.39, 0.29) is 28.1 Å². The first kappa shape index (κ1) is 23.5. The van der Waals surface area contributed by atoms with Crippen LogP contribution in [-0.4, -0.2) is 25.4 Å². The van der Waals surface area contributed by atoms with Gasteiger partial charge in [0.2, 0.25) is 10.0 Å². The SMILES string of the molecule is C#CCc1ccc(C(=O)O)c(C)c1-c1cc(C(N)=O)c(N)c(-c2ccc(S(N)(=O)=O)cc2)c1. The Kier molecular flexibility index (Phi) is 6.26. The molecule has 7 N–H and O–H groups in total. The van der Waals surface area contributed by atoms with Gasteiger partial charge in [0.1, 0.15) is 0 Å². The number of carboxylic acid groups (broad SMARTS) is 1. The van der Waals surface area contributed by atoms with Gasteiger partial charge in [-0.1, -0.05) is 18.2 Å². The highest BCUT2D eigenvalue weighted by molar-refractivity contribution is 7.89. The van der Waals surface area contributed by atoms with Crippen molar-refractivity contribution in [1.29, 1.82) is 0 Å². The number of amides is 1. The maximum atomic E-state index is 12.2. The van der Waals surface area contributed by atoms with E-state index in [0.717, 1.165) is 0 Å². The van der Waals surface area contributed by atoms with Crippen LogP contribution in [0.25, 0.3) is 22.3 Å². The molecule has 0 aliphatic heterocycles. The molecule has 0 aliphatic rings. The molecule has 8 nitrogen and oxygen atoms in total. The molecule has 1 amide bonds. The van der Waals surface area contributed by atoms with E-state index in [1.54, 1.807) is 19.1 Å².